The lowest BCUT2D eigenvalue weighted by molar-refractivity contribution is -0.120. The lowest BCUT2D eigenvalue weighted by Gasteiger charge is -2.18. The molecule has 1 aliphatic heterocycles. The van der Waals surface area contributed by atoms with Gasteiger partial charge in [0.1, 0.15) is 20.7 Å². The van der Waals surface area contributed by atoms with Crippen LogP contribution in [0.3, 0.4) is 0 Å². The molecule has 3 aromatic rings. The quantitative estimate of drug-likeness (QED) is 0.352. The zero-order valence-electron chi connectivity index (χ0n) is 14.4. The van der Waals surface area contributed by atoms with E-state index >= 15 is 4.39 Å². The summed E-state index contributed by atoms with van der Waals surface area (Å²) < 4.78 is 17.8. The minimum Gasteiger partial charge on any atom is -0.289 e. The van der Waals surface area contributed by atoms with E-state index in [9.17, 15) is 4.79 Å². The topological polar surface area (TPSA) is 38.1 Å². The average Bonchev–Trinajstić information content (AvgIpc) is 3.34. The first-order chi connectivity index (χ1) is 13.5. The zero-order chi connectivity index (χ0) is 19.5. The fourth-order valence-corrected chi connectivity index (χ4v) is 4.65. The van der Waals surface area contributed by atoms with Gasteiger partial charge in [0.2, 0.25) is 5.95 Å². The number of imidazole rings is 1. The number of amides is 1. The molecule has 138 valence electrons. The van der Waals surface area contributed by atoms with Gasteiger partial charge in [0, 0.05) is 11.1 Å². The second-order valence-electron chi connectivity index (χ2n) is 6.79. The minimum atomic E-state index is -0.635. The number of rotatable bonds is 1. The first-order valence-corrected chi connectivity index (χ1v) is 10.1. The summed E-state index contributed by atoms with van der Waals surface area (Å²) >= 11 is 8.55. The first kappa shape index (κ1) is 17.7. The number of hydrogen-bond donors (Lipinski definition) is 0. The van der Waals surface area contributed by atoms with E-state index in [-0.39, 0.29) is 16.6 Å². The lowest BCUT2D eigenvalue weighted by atomic mass is 10.1. The normalized spacial score (nSPS) is 16.1. The Kier molecular flexibility index (Phi) is 4.00. The van der Waals surface area contributed by atoms with Crippen LogP contribution >= 0.6 is 34.2 Å². The maximum Gasteiger partial charge on any atom is 0.260 e. The van der Waals surface area contributed by atoms with Gasteiger partial charge in [-0.1, -0.05) is 41.6 Å². The van der Waals surface area contributed by atoms with Crippen LogP contribution in [0.2, 0.25) is 5.02 Å². The van der Waals surface area contributed by atoms with Crippen molar-refractivity contribution in [2.75, 3.05) is 4.90 Å². The predicted molar refractivity (Wildman–Crippen MR) is 113 cm³/mol. The Morgan fingerprint density at radius 3 is 2.54 bits per heavy atom. The van der Waals surface area contributed by atoms with Crippen LogP contribution in [0.25, 0.3) is 0 Å². The summed E-state index contributed by atoms with van der Waals surface area (Å²) in [5, 5.41) is 0.132. The SMILES string of the molecule is O=C1N(c2c(F)cc(C#Cc3ccccc3)cc2Cl)c2ncc(I)n2C12CC2. The van der Waals surface area contributed by atoms with E-state index in [1.165, 1.54) is 11.0 Å². The molecule has 0 unspecified atom stereocenters. The summed E-state index contributed by atoms with van der Waals surface area (Å²) in [5.41, 5.74) is 0.666. The lowest BCUT2D eigenvalue weighted by Crippen LogP contribution is -2.31. The molecular weight excluding hydrogens is 492 g/mol. The fourth-order valence-electron chi connectivity index (χ4n) is 3.54. The van der Waals surface area contributed by atoms with E-state index in [4.69, 9.17) is 11.6 Å². The van der Waals surface area contributed by atoms with E-state index in [1.807, 2.05) is 34.9 Å². The van der Waals surface area contributed by atoms with Crippen molar-refractivity contribution in [3.63, 3.8) is 0 Å². The number of fused-ring (bicyclic) bond motifs is 2. The van der Waals surface area contributed by atoms with Gasteiger partial charge in [-0.15, -0.1) is 0 Å². The summed E-state index contributed by atoms with van der Waals surface area (Å²) in [6, 6.07) is 12.3. The monoisotopic (exact) mass is 503 g/mol. The first-order valence-electron chi connectivity index (χ1n) is 8.66. The van der Waals surface area contributed by atoms with E-state index in [0.717, 1.165) is 22.1 Å². The Bertz CT molecular complexity index is 1170. The smallest absolute Gasteiger partial charge is 0.260 e. The van der Waals surface area contributed by atoms with Gasteiger partial charge in [-0.05, 0) is 59.7 Å². The maximum atomic E-state index is 15.0. The van der Waals surface area contributed by atoms with Gasteiger partial charge in [0.25, 0.3) is 5.91 Å². The number of halogens is 3. The number of nitrogens with zero attached hydrogens (tertiary/aromatic N) is 3. The van der Waals surface area contributed by atoms with Crippen molar-refractivity contribution in [3.05, 3.63) is 74.3 Å². The van der Waals surface area contributed by atoms with Crippen molar-refractivity contribution in [3.8, 4) is 11.8 Å². The molecule has 0 N–H and O–H groups in total. The van der Waals surface area contributed by atoms with Crippen LogP contribution in [0.15, 0.2) is 48.7 Å². The number of hydrogen-bond acceptors (Lipinski definition) is 2. The van der Waals surface area contributed by atoms with Crippen molar-refractivity contribution in [1.82, 2.24) is 9.55 Å². The van der Waals surface area contributed by atoms with Gasteiger partial charge in [-0.25, -0.2) is 14.3 Å². The second-order valence-corrected chi connectivity index (χ2v) is 8.31. The Morgan fingerprint density at radius 1 is 1.14 bits per heavy atom. The third-order valence-corrected chi connectivity index (χ3v) is 6.07. The third-order valence-electron chi connectivity index (χ3n) is 5.02. The molecule has 2 aliphatic rings. The largest absolute Gasteiger partial charge is 0.289 e. The van der Waals surface area contributed by atoms with Crippen LogP contribution in [-0.4, -0.2) is 15.5 Å². The Hall–Kier alpha value is -2.37. The Balaban J connectivity index is 1.57. The highest BCUT2D eigenvalue weighted by atomic mass is 127. The molecule has 0 bridgehead atoms. The van der Waals surface area contributed by atoms with Crippen LogP contribution in [-0.2, 0) is 10.3 Å². The molecular formula is C21H12ClFIN3O. The molecule has 0 atom stereocenters. The average molecular weight is 504 g/mol. The molecule has 1 aliphatic carbocycles. The van der Waals surface area contributed by atoms with Crippen molar-refractivity contribution in [2.45, 2.75) is 18.4 Å². The molecule has 5 rings (SSSR count). The number of aromatic nitrogens is 2. The molecule has 28 heavy (non-hydrogen) atoms. The Labute approximate surface area is 179 Å². The molecule has 1 aromatic heterocycles. The van der Waals surface area contributed by atoms with E-state index in [1.54, 1.807) is 12.3 Å². The van der Waals surface area contributed by atoms with Crippen LogP contribution in [0, 0.1) is 21.4 Å². The molecule has 1 fully saturated rings. The van der Waals surface area contributed by atoms with Crippen LogP contribution < -0.4 is 4.90 Å². The molecule has 0 radical (unpaired) electrons. The summed E-state index contributed by atoms with van der Waals surface area (Å²) in [6.45, 7) is 0. The van der Waals surface area contributed by atoms with Gasteiger partial charge < -0.3 is 0 Å². The summed E-state index contributed by atoms with van der Waals surface area (Å²) in [5.74, 6) is 5.54. The molecule has 1 spiro atoms. The van der Waals surface area contributed by atoms with Gasteiger partial charge in [0.05, 0.1) is 11.2 Å². The van der Waals surface area contributed by atoms with Gasteiger partial charge in [-0.3, -0.25) is 9.36 Å². The van der Waals surface area contributed by atoms with Gasteiger partial charge >= 0.3 is 0 Å². The van der Waals surface area contributed by atoms with Crippen molar-refractivity contribution in [1.29, 1.82) is 0 Å². The molecule has 4 nitrogen and oxygen atoms in total. The highest BCUT2D eigenvalue weighted by Crippen LogP contribution is 2.55. The van der Waals surface area contributed by atoms with E-state index in [2.05, 4.69) is 39.4 Å². The Morgan fingerprint density at radius 2 is 1.86 bits per heavy atom. The van der Waals surface area contributed by atoms with Crippen molar-refractivity contribution < 1.29 is 9.18 Å². The van der Waals surface area contributed by atoms with Crippen LogP contribution in [0.4, 0.5) is 16.0 Å². The molecule has 7 heteroatoms. The second kappa shape index (κ2) is 6.33. The van der Waals surface area contributed by atoms with Crippen molar-refractivity contribution in [2.24, 2.45) is 0 Å². The van der Waals surface area contributed by atoms with Gasteiger partial charge in [-0.2, -0.15) is 0 Å². The highest BCUT2D eigenvalue weighted by Gasteiger charge is 2.61. The number of benzene rings is 2. The predicted octanol–water partition coefficient (Wildman–Crippen LogP) is 4.85. The highest BCUT2D eigenvalue weighted by molar-refractivity contribution is 14.1. The van der Waals surface area contributed by atoms with E-state index in [0.29, 0.717) is 11.5 Å². The number of carbonyl (C=O) groups is 1. The molecule has 2 aromatic carbocycles. The zero-order valence-corrected chi connectivity index (χ0v) is 17.3. The molecule has 1 saturated carbocycles. The van der Waals surface area contributed by atoms with Gasteiger partial charge in [0.15, 0.2) is 0 Å². The minimum absolute atomic E-state index is 0.0314. The molecule has 1 amide bonds. The van der Waals surface area contributed by atoms with Crippen LogP contribution in [0.5, 0.6) is 0 Å². The van der Waals surface area contributed by atoms with Crippen molar-refractivity contribution >= 4 is 51.7 Å². The molecule has 2 heterocycles. The third kappa shape index (κ3) is 2.57. The number of anilines is 2. The summed E-state index contributed by atoms with van der Waals surface area (Å²) in [7, 11) is 0. The number of carbonyl (C=O) groups excluding carboxylic acids is 1. The fraction of sp³-hybridized carbons (Fsp3) is 0.143. The summed E-state index contributed by atoms with van der Waals surface area (Å²) in [6.07, 6.45) is 3.13. The standard InChI is InChI=1S/C21H12ClFIN3O/c22-15-10-14(7-6-13-4-2-1-3-5-13)11-16(23)18(15)26-19(28)21(8-9-21)27-17(24)12-25-20(26)27/h1-5,10-12H,8-9H2. The summed E-state index contributed by atoms with van der Waals surface area (Å²) in [4.78, 5) is 18.7. The molecule has 0 saturated heterocycles. The van der Waals surface area contributed by atoms with Crippen LogP contribution in [0.1, 0.15) is 24.0 Å². The van der Waals surface area contributed by atoms with E-state index < -0.39 is 11.4 Å². The maximum absolute atomic E-state index is 15.0.